The number of H-pyrrole nitrogens is 1. The molecule has 9 nitrogen and oxygen atoms in total. The molecule has 0 aliphatic carbocycles. The Bertz CT molecular complexity index is 1240. The number of carbonyl (C=O) groups is 1. The summed E-state index contributed by atoms with van der Waals surface area (Å²) in [4.78, 5) is 25.1. The number of anilines is 1. The van der Waals surface area contributed by atoms with Gasteiger partial charge in [-0.05, 0) is 25.5 Å². The Kier molecular flexibility index (Phi) is 6.04. The number of nitriles is 1. The van der Waals surface area contributed by atoms with Crippen LogP contribution in [0.25, 0.3) is 21.6 Å². The molecule has 1 unspecified atom stereocenters. The molecule has 3 aromatic heterocycles. The Morgan fingerprint density at radius 2 is 2.29 bits per heavy atom. The number of rotatable bonds is 7. The highest BCUT2D eigenvalue weighted by atomic mass is 32.2. The lowest BCUT2D eigenvalue weighted by atomic mass is 10.0. The van der Waals surface area contributed by atoms with Gasteiger partial charge in [-0.25, -0.2) is 18.4 Å². The van der Waals surface area contributed by atoms with Crippen LogP contribution >= 0.6 is 11.3 Å². The number of nitrogens with one attached hydrogen (secondary N) is 2. The number of hydrogen-bond donors (Lipinski definition) is 2. The third-order valence-electron chi connectivity index (χ3n) is 5.31. The smallest absolute Gasteiger partial charge is 0.186 e. The molecule has 0 aromatic carbocycles. The summed E-state index contributed by atoms with van der Waals surface area (Å²) in [7, 11) is -3.34. The molecule has 3 aromatic rings. The van der Waals surface area contributed by atoms with E-state index in [1.54, 1.807) is 6.20 Å². The number of nitrogens with zero attached hydrogens (tertiary/aromatic N) is 4. The highest BCUT2D eigenvalue weighted by Crippen LogP contribution is 2.37. The molecular formula is C20H22N6O3S2. The summed E-state index contributed by atoms with van der Waals surface area (Å²) >= 11 is 1.12. The van der Waals surface area contributed by atoms with Crippen molar-refractivity contribution in [3.63, 3.8) is 0 Å². The van der Waals surface area contributed by atoms with Gasteiger partial charge in [0.1, 0.15) is 27.1 Å². The second-order valence-electron chi connectivity index (χ2n) is 7.66. The number of likely N-dealkylation sites (tertiary alicyclic amines) is 1. The van der Waals surface area contributed by atoms with Crippen LogP contribution in [0, 0.1) is 17.2 Å². The average molecular weight is 459 g/mol. The van der Waals surface area contributed by atoms with Crippen LogP contribution in [0.2, 0.25) is 0 Å². The summed E-state index contributed by atoms with van der Waals surface area (Å²) in [5.41, 5.74) is 2.32. The first-order valence-electron chi connectivity index (χ1n) is 9.85. The van der Waals surface area contributed by atoms with E-state index in [0.29, 0.717) is 24.4 Å². The van der Waals surface area contributed by atoms with Crippen LogP contribution in [-0.2, 0) is 14.6 Å². The molecule has 11 heteroatoms. The van der Waals surface area contributed by atoms with Gasteiger partial charge in [0.15, 0.2) is 9.84 Å². The third kappa shape index (κ3) is 4.61. The van der Waals surface area contributed by atoms with E-state index in [-0.39, 0.29) is 10.3 Å². The molecule has 2 N–H and O–H groups in total. The normalized spacial score (nSPS) is 18.5. The van der Waals surface area contributed by atoms with Crippen molar-refractivity contribution in [2.75, 3.05) is 31.2 Å². The number of sulfone groups is 1. The van der Waals surface area contributed by atoms with Gasteiger partial charge in [0.2, 0.25) is 0 Å². The Hall–Kier alpha value is -2.81. The van der Waals surface area contributed by atoms with Crippen LogP contribution in [0.1, 0.15) is 12.8 Å². The van der Waals surface area contributed by atoms with Gasteiger partial charge in [0.05, 0.1) is 23.5 Å². The van der Waals surface area contributed by atoms with E-state index in [1.807, 2.05) is 18.3 Å². The molecule has 0 saturated carbocycles. The van der Waals surface area contributed by atoms with Crippen LogP contribution in [0.15, 0.2) is 28.9 Å². The summed E-state index contributed by atoms with van der Waals surface area (Å²) in [6.07, 6.45) is 8.64. The predicted molar refractivity (Wildman–Crippen MR) is 119 cm³/mol. The highest BCUT2D eigenvalue weighted by molar-refractivity contribution is 7.92. The molecule has 31 heavy (non-hydrogen) atoms. The molecule has 162 valence electrons. The number of pyridine rings is 1. The number of thiazole rings is 1. The van der Waals surface area contributed by atoms with E-state index in [1.165, 1.54) is 12.5 Å². The first-order chi connectivity index (χ1) is 14.9. The van der Waals surface area contributed by atoms with Gasteiger partial charge in [-0.2, -0.15) is 5.26 Å². The molecule has 1 aliphatic rings. The number of aromatic amines is 1. The summed E-state index contributed by atoms with van der Waals surface area (Å²) in [5.74, 6) is -0.628. The van der Waals surface area contributed by atoms with E-state index in [4.69, 9.17) is 5.26 Å². The third-order valence-corrected chi connectivity index (χ3v) is 8.13. The maximum Gasteiger partial charge on any atom is 0.186 e. The maximum atomic E-state index is 11.9. The van der Waals surface area contributed by atoms with E-state index < -0.39 is 15.8 Å². The molecule has 1 fully saturated rings. The molecule has 0 spiro atoms. The molecule has 4 heterocycles. The second-order valence-corrected chi connectivity index (χ2v) is 10.9. The van der Waals surface area contributed by atoms with Gasteiger partial charge in [0.25, 0.3) is 0 Å². The quantitative estimate of drug-likeness (QED) is 0.516. The number of carbonyl (C=O) groups excluding carboxylic acids is 1. The summed E-state index contributed by atoms with van der Waals surface area (Å²) in [6, 6.07) is 4.06. The van der Waals surface area contributed by atoms with Crippen molar-refractivity contribution < 1.29 is 13.2 Å². The van der Waals surface area contributed by atoms with Gasteiger partial charge >= 0.3 is 0 Å². The molecule has 4 rings (SSSR count). The molecule has 0 bridgehead atoms. The number of aldehydes is 1. The lowest BCUT2D eigenvalue weighted by Crippen LogP contribution is -2.44. The molecule has 0 amide bonds. The average Bonchev–Trinajstić information content (AvgIpc) is 3.42. The Labute approximate surface area is 184 Å². The van der Waals surface area contributed by atoms with Crippen molar-refractivity contribution in [3.05, 3.63) is 24.7 Å². The SMILES string of the molecule is CS(=O)(=O)c1cnc(-c2cnc3[nH]ccc3c2N[C@@H]2CCCN(CC(C#N)C=O)C2)s1. The predicted octanol–water partition coefficient (Wildman–Crippen LogP) is 2.30. The van der Waals surface area contributed by atoms with Crippen LogP contribution < -0.4 is 5.32 Å². The monoisotopic (exact) mass is 458 g/mol. The van der Waals surface area contributed by atoms with Gasteiger partial charge in [0, 0.05) is 43.2 Å². The highest BCUT2D eigenvalue weighted by Gasteiger charge is 2.25. The number of piperidine rings is 1. The van der Waals surface area contributed by atoms with Crippen molar-refractivity contribution in [2.45, 2.75) is 23.1 Å². The van der Waals surface area contributed by atoms with Crippen LogP contribution in [0.4, 0.5) is 5.69 Å². The standard InChI is InChI=1S/C20H22N6O3S2/c1-31(28,29)17-9-24-20(30-17)16-8-23-19-15(4-5-22-19)18(16)25-14-3-2-6-26(11-14)10-13(7-21)12-27/h4-5,8-9,12-14H,2-3,6,10-11H2,1H3,(H2,22,23,25)/t13?,14-/m1/s1. The molecule has 2 atom stereocenters. The topological polar surface area (TPSA) is 132 Å². The minimum absolute atomic E-state index is 0.105. The first kappa shape index (κ1) is 21.4. The van der Waals surface area contributed by atoms with Crippen molar-refractivity contribution >= 4 is 44.2 Å². The minimum Gasteiger partial charge on any atom is -0.380 e. The van der Waals surface area contributed by atoms with Crippen LogP contribution in [0.5, 0.6) is 0 Å². The molecule has 1 aliphatic heterocycles. The lowest BCUT2D eigenvalue weighted by molar-refractivity contribution is -0.110. The van der Waals surface area contributed by atoms with E-state index >= 15 is 0 Å². The number of fused-ring (bicyclic) bond motifs is 1. The van der Waals surface area contributed by atoms with Crippen LogP contribution in [0.3, 0.4) is 0 Å². The molecular weight excluding hydrogens is 436 g/mol. The summed E-state index contributed by atoms with van der Waals surface area (Å²) in [5, 5.41) is 14.2. The first-order valence-corrected chi connectivity index (χ1v) is 12.6. The zero-order valence-electron chi connectivity index (χ0n) is 16.9. The lowest BCUT2D eigenvalue weighted by Gasteiger charge is -2.34. The van der Waals surface area contributed by atoms with Gasteiger partial charge in [-0.15, -0.1) is 11.3 Å². The fourth-order valence-electron chi connectivity index (χ4n) is 3.82. The second kappa shape index (κ2) is 8.74. The zero-order valence-corrected chi connectivity index (χ0v) is 18.5. The minimum atomic E-state index is -3.34. The van der Waals surface area contributed by atoms with Gasteiger partial charge in [-0.1, -0.05) is 0 Å². The van der Waals surface area contributed by atoms with Crippen molar-refractivity contribution in [2.24, 2.45) is 5.92 Å². The van der Waals surface area contributed by atoms with Crippen molar-refractivity contribution in [1.82, 2.24) is 19.9 Å². The Balaban J connectivity index is 1.65. The van der Waals surface area contributed by atoms with Crippen LogP contribution in [-0.4, -0.2) is 66.5 Å². The van der Waals surface area contributed by atoms with Crippen molar-refractivity contribution in [3.8, 4) is 16.6 Å². The zero-order chi connectivity index (χ0) is 22.0. The van der Waals surface area contributed by atoms with Gasteiger partial charge < -0.3 is 15.1 Å². The number of aromatic nitrogens is 3. The largest absolute Gasteiger partial charge is 0.380 e. The maximum absolute atomic E-state index is 11.9. The molecule has 0 radical (unpaired) electrons. The fraction of sp³-hybridized carbons (Fsp3) is 0.400. The Morgan fingerprint density at radius 3 is 3.00 bits per heavy atom. The fourth-order valence-corrected chi connectivity index (χ4v) is 5.57. The van der Waals surface area contributed by atoms with E-state index in [0.717, 1.165) is 53.0 Å². The Morgan fingerprint density at radius 1 is 1.45 bits per heavy atom. The van der Waals surface area contributed by atoms with Gasteiger partial charge in [-0.3, -0.25) is 4.90 Å². The summed E-state index contributed by atoms with van der Waals surface area (Å²) in [6.45, 7) is 1.97. The van der Waals surface area contributed by atoms with Crippen molar-refractivity contribution in [1.29, 1.82) is 5.26 Å². The van der Waals surface area contributed by atoms with E-state index in [2.05, 4.69) is 25.2 Å². The summed E-state index contributed by atoms with van der Waals surface area (Å²) < 4.78 is 24.0. The number of hydrogen-bond acceptors (Lipinski definition) is 9. The molecule has 1 saturated heterocycles. The van der Waals surface area contributed by atoms with E-state index in [9.17, 15) is 13.2 Å².